The SMILES string of the molecule is O=c1[nH]c(=S)n(-c2ccc(F)c(Cl)c2)c(O)c1C=Nc1ccc(F)c(Cl)c1. The molecule has 10 heteroatoms. The Balaban J connectivity index is 2.12. The van der Waals surface area contributed by atoms with Crippen molar-refractivity contribution in [3.05, 3.63) is 78.8 Å². The fraction of sp³-hybridized carbons (Fsp3) is 0. The molecule has 0 spiro atoms. The van der Waals surface area contributed by atoms with Gasteiger partial charge in [-0.2, -0.15) is 0 Å². The Bertz CT molecular complexity index is 1190. The number of aromatic hydroxyl groups is 1. The monoisotopic (exact) mass is 427 g/mol. The summed E-state index contributed by atoms with van der Waals surface area (Å²) in [5.41, 5.74) is -0.415. The molecule has 0 radical (unpaired) electrons. The molecule has 0 atom stereocenters. The van der Waals surface area contributed by atoms with Crippen LogP contribution in [0.4, 0.5) is 14.5 Å². The lowest BCUT2D eigenvalue weighted by Gasteiger charge is -2.11. The fourth-order valence-electron chi connectivity index (χ4n) is 2.22. The van der Waals surface area contributed by atoms with Crippen LogP contribution in [0.1, 0.15) is 5.56 Å². The van der Waals surface area contributed by atoms with Crippen LogP contribution in [0.2, 0.25) is 10.0 Å². The summed E-state index contributed by atoms with van der Waals surface area (Å²) in [4.78, 5) is 18.5. The van der Waals surface area contributed by atoms with Gasteiger partial charge in [0.15, 0.2) is 4.77 Å². The first-order valence-electron chi connectivity index (χ1n) is 7.31. The van der Waals surface area contributed by atoms with E-state index in [1.165, 1.54) is 24.3 Å². The van der Waals surface area contributed by atoms with Gasteiger partial charge in [0.05, 0.1) is 21.4 Å². The maximum atomic E-state index is 13.4. The highest BCUT2D eigenvalue weighted by Crippen LogP contribution is 2.25. The summed E-state index contributed by atoms with van der Waals surface area (Å²) in [6.45, 7) is 0. The van der Waals surface area contributed by atoms with Crippen LogP contribution in [0, 0.1) is 16.4 Å². The van der Waals surface area contributed by atoms with E-state index in [2.05, 4.69) is 9.98 Å². The third-order valence-electron chi connectivity index (χ3n) is 3.53. The average molecular weight is 428 g/mol. The zero-order chi connectivity index (χ0) is 19.7. The third kappa shape index (κ3) is 3.92. The summed E-state index contributed by atoms with van der Waals surface area (Å²) in [5, 5.41) is 10.2. The van der Waals surface area contributed by atoms with E-state index >= 15 is 0 Å². The summed E-state index contributed by atoms with van der Waals surface area (Å²) in [7, 11) is 0. The van der Waals surface area contributed by atoms with Crippen LogP contribution < -0.4 is 5.56 Å². The van der Waals surface area contributed by atoms with Crippen LogP contribution in [0.5, 0.6) is 5.88 Å². The highest BCUT2D eigenvalue weighted by atomic mass is 35.5. The zero-order valence-corrected chi connectivity index (χ0v) is 15.5. The van der Waals surface area contributed by atoms with Crippen molar-refractivity contribution in [1.29, 1.82) is 0 Å². The number of benzene rings is 2. The van der Waals surface area contributed by atoms with E-state index in [0.29, 0.717) is 0 Å². The molecule has 0 aliphatic rings. The van der Waals surface area contributed by atoms with Crippen molar-refractivity contribution in [3.8, 4) is 11.6 Å². The molecule has 3 rings (SSSR count). The maximum Gasteiger partial charge on any atom is 0.264 e. The quantitative estimate of drug-likeness (QED) is 0.459. The van der Waals surface area contributed by atoms with Gasteiger partial charge in [0, 0.05) is 6.21 Å². The van der Waals surface area contributed by atoms with Crippen molar-refractivity contribution in [2.24, 2.45) is 4.99 Å². The number of halogens is 4. The molecule has 3 aromatic rings. The van der Waals surface area contributed by atoms with E-state index in [1.807, 2.05) is 0 Å². The summed E-state index contributed by atoms with van der Waals surface area (Å²) >= 11 is 16.5. The molecule has 0 saturated carbocycles. The molecule has 0 amide bonds. The van der Waals surface area contributed by atoms with Gasteiger partial charge in [0.25, 0.3) is 5.56 Å². The van der Waals surface area contributed by atoms with Crippen molar-refractivity contribution in [2.75, 3.05) is 0 Å². The Morgan fingerprint density at radius 1 is 1.11 bits per heavy atom. The zero-order valence-electron chi connectivity index (χ0n) is 13.2. The van der Waals surface area contributed by atoms with Gasteiger partial charge in [-0.3, -0.25) is 19.3 Å². The number of rotatable bonds is 3. The number of hydrogen-bond donors (Lipinski definition) is 2. The number of aromatic nitrogens is 2. The van der Waals surface area contributed by atoms with Gasteiger partial charge in [-0.1, -0.05) is 23.2 Å². The lowest BCUT2D eigenvalue weighted by Crippen LogP contribution is -2.18. The molecule has 2 N–H and O–H groups in total. The Hall–Kier alpha value is -2.55. The van der Waals surface area contributed by atoms with Crippen LogP contribution >= 0.6 is 35.4 Å². The van der Waals surface area contributed by atoms with E-state index in [9.17, 15) is 18.7 Å². The summed E-state index contributed by atoms with van der Waals surface area (Å²) in [6.07, 6.45) is 1.08. The van der Waals surface area contributed by atoms with Crippen LogP contribution in [0.3, 0.4) is 0 Å². The predicted molar refractivity (Wildman–Crippen MR) is 103 cm³/mol. The van der Waals surface area contributed by atoms with Crippen LogP contribution in [-0.4, -0.2) is 20.9 Å². The fourth-order valence-corrected chi connectivity index (χ4v) is 2.86. The Morgan fingerprint density at radius 2 is 1.74 bits per heavy atom. The van der Waals surface area contributed by atoms with Crippen molar-refractivity contribution in [3.63, 3.8) is 0 Å². The third-order valence-corrected chi connectivity index (χ3v) is 4.39. The molecule has 1 heterocycles. The molecule has 0 saturated heterocycles. The molecule has 0 aliphatic carbocycles. The maximum absolute atomic E-state index is 13.4. The van der Waals surface area contributed by atoms with E-state index in [-0.39, 0.29) is 31.8 Å². The van der Waals surface area contributed by atoms with Gasteiger partial charge in [0.2, 0.25) is 5.88 Å². The molecular formula is C17H9Cl2F2N3O2S. The summed E-state index contributed by atoms with van der Waals surface area (Å²) in [6, 6.07) is 7.39. The molecule has 138 valence electrons. The van der Waals surface area contributed by atoms with Crippen molar-refractivity contribution in [1.82, 2.24) is 9.55 Å². The largest absolute Gasteiger partial charge is 0.494 e. The molecule has 27 heavy (non-hydrogen) atoms. The van der Waals surface area contributed by atoms with Crippen LogP contribution in [0.15, 0.2) is 46.2 Å². The Morgan fingerprint density at radius 3 is 2.37 bits per heavy atom. The molecular weight excluding hydrogens is 419 g/mol. The number of aliphatic imine (C=N–C) groups is 1. The van der Waals surface area contributed by atoms with Crippen molar-refractivity contribution >= 4 is 47.3 Å². The normalized spacial score (nSPS) is 11.3. The number of hydrogen-bond acceptors (Lipinski definition) is 4. The summed E-state index contributed by atoms with van der Waals surface area (Å²) < 4.78 is 27.6. The number of nitrogens with one attached hydrogen (secondary N) is 1. The second-order valence-electron chi connectivity index (χ2n) is 5.29. The van der Waals surface area contributed by atoms with Gasteiger partial charge in [0.1, 0.15) is 17.2 Å². The first kappa shape index (κ1) is 19.2. The minimum absolute atomic E-state index is 0.123. The minimum atomic E-state index is -0.695. The lowest BCUT2D eigenvalue weighted by atomic mass is 10.2. The highest BCUT2D eigenvalue weighted by molar-refractivity contribution is 7.71. The van der Waals surface area contributed by atoms with Gasteiger partial charge in [-0.05, 0) is 48.6 Å². The number of H-pyrrole nitrogens is 1. The molecule has 0 bridgehead atoms. The smallest absolute Gasteiger partial charge is 0.264 e. The molecule has 0 unspecified atom stereocenters. The minimum Gasteiger partial charge on any atom is -0.494 e. The Labute approximate surface area is 166 Å². The molecule has 0 fully saturated rings. The first-order valence-corrected chi connectivity index (χ1v) is 8.47. The van der Waals surface area contributed by atoms with Crippen molar-refractivity contribution in [2.45, 2.75) is 0 Å². The topological polar surface area (TPSA) is 70.4 Å². The molecule has 0 aliphatic heterocycles. The predicted octanol–water partition coefficient (Wildman–Crippen LogP) is 4.94. The molecule has 2 aromatic carbocycles. The van der Waals surface area contributed by atoms with E-state index in [0.717, 1.165) is 22.9 Å². The standard InChI is InChI=1S/C17H9Cl2F2N3O2S/c18-11-5-8(1-3-13(11)20)22-7-10-15(25)23-17(27)24(16(10)26)9-2-4-14(21)12(19)6-9/h1-7,26H,(H,23,25,27). The van der Waals surface area contributed by atoms with E-state index in [4.69, 9.17) is 35.4 Å². The van der Waals surface area contributed by atoms with Gasteiger partial charge in [-0.15, -0.1) is 0 Å². The van der Waals surface area contributed by atoms with Gasteiger partial charge < -0.3 is 5.11 Å². The molecule has 1 aromatic heterocycles. The second-order valence-corrected chi connectivity index (χ2v) is 6.49. The average Bonchev–Trinajstić information content (AvgIpc) is 2.60. The van der Waals surface area contributed by atoms with E-state index in [1.54, 1.807) is 0 Å². The number of aromatic amines is 1. The first-order chi connectivity index (χ1) is 12.8. The van der Waals surface area contributed by atoms with Crippen LogP contribution in [-0.2, 0) is 0 Å². The van der Waals surface area contributed by atoms with Gasteiger partial charge in [-0.25, -0.2) is 8.78 Å². The lowest BCUT2D eigenvalue weighted by molar-refractivity contribution is 0.432. The number of nitrogens with zero attached hydrogens (tertiary/aromatic N) is 2. The van der Waals surface area contributed by atoms with Gasteiger partial charge >= 0.3 is 0 Å². The summed E-state index contributed by atoms with van der Waals surface area (Å²) in [5.74, 6) is -1.79. The van der Waals surface area contributed by atoms with E-state index < -0.39 is 23.1 Å². The second kappa shape index (κ2) is 7.59. The highest BCUT2D eigenvalue weighted by Gasteiger charge is 2.14. The Kier molecular flexibility index (Phi) is 5.41. The van der Waals surface area contributed by atoms with Crippen molar-refractivity contribution < 1.29 is 13.9 Å². The molecule has 5 nitrogen and oxygen atoms in total. The van der Waals surface area contributed by atoms with Crippen LogP contribution in [0.25, 0.3) is 5.69 Å².